The van der Waals surface area contributed by atoms with Gasteiger partial charge in [0.25, 0.3) is 5.91 Å². The first-order valence-corrected chi connectivity index (χ1v) is 6.73. The molecule has 0 bridgehead atoms. The molecule has 0 aliphatic heterocycles. The van der Waals surface area contributed by atoms with Gasteiger partial charge in [0, 0.05) is 17.3 Å². The normalized spacial score (nSPS) is 13.3. The molecule has 1 amide bonds. The van der Waals surface area contributed by atoms with Crippen LogP contribution in [0, 0.1) is 0 Å². The molecule has 1 aliphatic rings. The highest BCUT2D eigenvalue weighted by atomic mass is 16.1. The van der Waals surface area contributed by atoms with Crippen molar-refractivity contribution in [1.82, 2.24) is 10.2 Å². The molecule has 1 aromatic heterocycles. The van der Waals surface area contributed by atoms with Crippen LogP contribution >= 0.6 is 0 Å². The van der Waals surface area contributed by atoms with Crippen LogP contribution in [-0.4, -0.2) is 16.1 Å². The number of aryl methyl sites for hydroxylation is 3. The van der Waals surface area contributed by atoms with Crippen molar-refractivity contribution in [2.24, 2.45) is 0 Å². The molecule has 0 saturated heterocycles. The Labute approximate surface area is 112 Å². The Morgan fingerprint density at radius 1 is 1.32 bits per heavy atom. The Hall–Kier alpha value is -2.10. The number of anilines is 1. The van der Waals surface area contributed by atoms with Gasteiger partial charge in [-0.1, -0.05) is 13.0 Å². The molecule has 0 fully saturated rings. The molecule has 19 heavy (non-hydrogen) atoms. The van der Waals surface area contributed by atoms with Crippen LogP contribution in [0.25, 0.3) is 0 Å². The van der Waals surface area contributed by atoms with Crippen molar-refractivity contribution in [2.75, 3.05) is 5.32 Å². The molecule has 0 spiro atoms. The number of nitrogens with zero attached hydrogens (tertiary/aromatic N) is 1. The van der Waals surface area contributed by atoms with E-state index in [1.807, 2.05) is 25.1 Å². The van der Waals surface area contributed by atoms with Gasteiger partial charge in [-0.25, -0.2) is 0 Å². The first-order chi connectivity index (χ1) is 9.26. The number of hydrogen-bond acceptors (Lipinski definition) is 2. The third-order valence-electron chi connectivity index (χ3n) is 3.61. The molecule has 4 heteroatoms. The first-order valence-electron chi connectivity index (χ1n) is 6.73. The third-order valence-corrected chi connectivity index (χ3v) is 3.61. The van der Waals surface area contributed by atoms with Crippen LogP contribution < -0.4 is 5.32 Å². The highest BCUT2D eigenvalue weighted by Gasteiger charge is 2.14. The second-order valence-electron chi connectivity index (χ2n) is 4.92. The Balaban J connectivity index is 1.76. The fraction of sp³-hybridized carbons (Fsp3) is 0.333. The number of aromatic amines is 1. The summed E-state index contributed by atoms with van der Waals surface area (Å²) in [5, 5.41) is 9.78. The Morgan fingerprint density at radius 2 is 2.16 bits per heavy atom. The molecule has 4 nitrogen and oxygen atoms in total. The van der Waals surface area contributed by atoms with E-state index in [-0.39, 0.29) is 5.91 Å². The first kappa shape index (κ1) is 12.0. The van der Waals surface area contributed by atoms with Gasteiger partial charge in [0.2, 0.25) is 0 Å². The van der Waals surface area contributed by atoms with Crippen LogP contribution in [0.3, 0.4) is 0 Å². The zero-order valence-electron chi connectivity index (χ0n) is 11.0. The van der Waals surface area contributed by atoms with Gasteiger partial charge in [0.1, 0.15) is 0 Å². The summed E-state index contributed by atoms with van der Waals surface area (Å²) in [7, 11) is 0. The monoisotopic (exact) mass is 255 g/mol. The number of nitrogens with one attached hydrogen (secondary N) is 2. The van der Waals surface area contributed by atoms with Crippen molar-refractivity contribution in [3.63, 3.8) is 0 Å². The number of benzene rings is 1. The molecule has 0 radical (unpaired) electrons. The van der Waals surface area contributed by atoms with Crippen LogP contribution in [0.4, 0.5) is 5.82 Å². The lowest BCUT2D eigenvalue weighted by Gasteiger charge is -2.04. The van der Waals surface area contributed by atoms with Crippen LogP contribution in [0.2, 0.25) is 0 Å². The maximum Gasteiger partial charge on any atom is 0.256 e. The fourth-order valence-corrected chi connectivity index (χ4v) is 2.51. The van der Waals surface area contributed by atoms with E-state index in [1.165, 1.54) is 17.5 Å². The van der Waals surface area contributed by atoms with Crippen molar-refractivity contribution >= 4 is 11.7 Å². The predicted molar refractivity (Wildman–Crippen MR) is 74.4 cm³/mol. The average Bonchev–Trinajstić information content (AvgIpc) is 3.05. The SMILES string of the molecule is CCc1cc(NC(=O)c2ccc3c(c2)CCC3)n[nH]1. The zero-order chi connectivity index (χ0) is 13.2. The van der Waals surface area contributed by atoms with E-state index in [0.29, 0.717) is 11.4 Å². The number of fused-ring (bicyclic) bond motifs is 1. The number of amides is 1. The van der Waals surface area contributed by atoms with Crippen LogP contribution in [0.5, 0.6) is 0 Å². The molecule has 2 aromatic rings. The van der Waals surface area contributed by atoms with Gasteiger partial charge in [0.05, 0.1) is 0 Å². The second-order valence-corrected chi connectivity index (χ2v) is 4.92. The van der Waals surface area contributed by atoms with Crippen molar-refractivity contribution in [1.29, 1.82) is 0 Å². The summed E-state index contributed by atoms with van der Waals surface area (Å²) >= 11 is 0. The molecule has 3 rings (SSSR count). The van der Waals surface area contributed by atoms with Gasteiger partial charge in [-0.15, -0.1) is 0 Å². The summed E-state index contributed by atoms with van der Waals surface area (Å²) in [4.78, 5) is 12.1. The zero-order valence-corrected chi connectivity index (χ0v) is 11.0. The van der Waals surface area contributed by atoms with E-state index < -0.39 is 0 Å². The Kier molecular flexibility index (Phi) is 3.07. The van der Waals surface area contributed by atoms with Crippen molar-refractivity contribution in [3.05, 3.63) is 46.6 Å². The van der Waals surface area contributed by atoms with E-state index in [2.05, 4.69) is 21.6 Å². The van der Waals surface area contributed by atoms with Gasteiger partial charge < -0.3 is 5.32 Å². The highest BCUT2D eigenvalue weighted by Crippen LogP contribution is 2.23. The topological polar surface area (TPSA) is 57.8 Å². The summed E-state index contributed by atoms with van der Waals surface area (Å²) in [5.41, 5.74) is 4.42. The minimum Gasteiger partial charge on any atom is -0.305 e. The quantitative estimate of drug-likeness (QED) is 0.886. The maximum absolute atomic E-state index is 12.1. The molecule has 98 valence electrons. The number of carbonyl (C=O) groups is 1. The van der Waals surface area contributed by atoms with Gasteiger partial charge in [-0.2, -0.15) is 5.10 Å². The minimum atomic E-state index is -0.0937. The van der Waals surface area contributed by atoms with E-state index in [4.69, 9.17) is 0 Å². The molecular weight excluding hydrogens is 238 g/mol. The number of carbonyl (C=O) groups excluding carboxylic acids is 1. The highest BCUT2D eigenvalue weighted by molar-refractivity contribution is 6.03. The summed E-state index contributed by atoms with van der Waals surface area (Å²) in [5.74, 6) is 0.492. The van der Waals surface area contributed by atoms with Crippen molar-refractivity contribution in [3.8, 4) is 0 Å². The summed E-state index contributed by atoms with van der Waals surface area (Å²) in [6, 6.07) is 7.84. The fourth-order valence-electron chi connectivity index (χ4n) is 2.51. The standard InChI is InChI=1S/C15H17N3O/c1-2-13-9-14(18-17-13)16-15(19)12-7-6-10-4-3-5-11(10)8-12/h6-9H,2-5H2,1H3,(H2,16,17,18,19). The van der Waals surface area contributed by atoms with E-state index in [0.717, 1.165) is 25.0 Å². The minimum absolute atomic E-state index is 0.0937. The Bertz CT molecular complexity index is 616. The molecule has 0 saturated carbocycles. The molecule has 1 aliphatic carbocycles. The van der Waals surface area contributed by atoms with E-state index in [9.17, 15) is 4.79 Å². The molecular formula is C15H17N3O. The average molecular weight is 255 g/mol. The van der Waals surface area contributed by atoms with Gasteiger partial charge in [-0.05, 0) is 48.9 Å². The molecule has 0 unspecified atom stereocenters. The molecule has 2 N–H and O–H groups in total. The largest absolute Gasteiger partial charge is 0.305 e. The van der Waals surface area contributed by atoms with Gasteiger partial charge >= 0.3 is 0 Å². The summed E-state index contributed by atoms with van der Waals surface area (Å²) in [6.45, 7) is 2.04. The van der Waals surface area contributed by atoms with Crippen molar-refractivity contribution < 1.29 is 4.79 Å². The summed E-state index contributed by atoms with van der Waals surface area (Å²) < 4.78 is 0. The third kappa shape index (κ3) is 2.38. The number of rotatable bonds is 3. The van der Waals surface area contributed by atoms with Crippen LogP contribution in [0.1, 0.15) is 40.5 Å². The number of hydrogen-bond donors (Lipinski definition) is 2. The van der Waals surface area contributed by atoms with E-state index >= 15 is 0 Å². The van der Waals surface area contributed by atoms with E-state index in [1.54, 1.807) is 0 Å². The second kappa shape index (κ2) is 4.88. The lowest BCUT2D eigenvalue weighted by molar-refractivity contribution is 0.102. The van der Waals surface area contributed by atoms with Gasteiger partial charge in [0.15, 0.2) is 5.82 Å². The smallest absolute Gasteiger partial charge is 0.256 e. The van der Waals surface area contributed by atoms with Crippen LogP contribution in [0.15, 0.2) is 24.3 Å². The number of aromatic nitrogens is 2. The maximum atomic E-state index is 12.1. The van der Waals surface area contributed by atoms with Crippen LogP contribution in [-0.2, 0) is 19.3 Å². The summed E-state index contributed by atoms with van der Waals surface area (Å²) in [6.07, 6.45) is 4.29. The molecule has 1 heterocycles. The lowest BCUT2D eigenvalue weighted by atomic mass is 10.1. The predicted octanol–water partition coefficient (Wildman–Crippen LogP) is 2.71. The molecule has 1 aromatic carbocycles. The number of H-pyrrole nitrogens is 1. The van der Waals surface area contributed by atoms with Crippen molar-refractivity contribution in [2.45, 2.75) is 32.6 Å². The van der Waals surface area contributed by atoms with Gasteiger partial charge in [-0.3, -0.25) is 9.89 Å². The molecule has 0 atom stereocenters. The lowest BCUT2D eigenvalue weighted by Crippen LogP contribution is -2.12. The Morgan fingerprint density at radius 3 is 2.95 bits per heavy atom.